The Labute approximate surface area is 135 Å². The smallest absolute Gasteiger partial charge is 0.253 e. The number of anilines is 1. The molecule has 0 unspecified atom stereocenters. The highest BCUT2D eigenvalue weighted by atomic mass is 16.2. The van der Waals surface area contributed by atoms with Crippen molar-refractivity contribution in [2.75, 3.05) is 18.4 Å². The third-order valence-electron chi connectivity index (χ3n) is 4.45. The molecular formula is C17H21N3O3. The van der Waals surface area contributed by atoms with Crippen molar-refractivity contribution in [3.05, 3.63) is 29.3 Å². The highest BCUT2D eigenvalue weighted by Gasteiger charge is 2.26. The van der Waals surface area contributed by atoms with Gasteiger partial charge in [0.15, 0.2) is 0 Å². The average Bonchev–Trinajstić information content (AvgIpc) is 2.93. The number of fused-ring (bicyclic) bond motifs is 1. The van der Waals surface area contributed by atoms with Gasteiger partial charge in [0, 0.05) is 36.8 Å². The zero-order valence-corrected chi connectivity index (χ0v) is 13.2. The monoisotopic (exact) mass is 315 g/mol. The van der Waals surface area contributed by atoms with Gasteiger partial charge in [0.05, 0.1) is 6.42 Å². The Kier molecular flexibility index (Phi) is 4.32. The van der Waals surface area contributed by atoms with Crippen molar-refractivity contribution in [2.24, 2.45) is 0 Å². The number of nitrogens with zero attached hydrogens (tertiary/aromatic N) is 1. The van der Waals surface area contributed by atoms with Gasteiger partial charge in [-0.3, -0.25) is 14.4 Å². The van der Waals surface area contributed by atoms with Gasteiger partial charge in [-0.25, -0.2) is 0 Å². The third kappa shape index (κ3) is 3.36. The van der Waals surface area contributed by atoms with Crippen LogP contribution in [0.15, 0.2) is 18.2 Å². The van der Waals surface area contributed by atoms with Gasteiger partial charge >= 0.3 is 0 Å². The largest absolute Gasteiger partial charge is 0.353 e. The molecule has 2 N–H and O–H groups in total. The summed E-state index contributed by atoms with van der Waals surface area (Å²) in [6.07, 6.45) is 2.38. The molecule has 1 aromatic rings. The van der Waals surface area contributed by atoms with Gasteiger partial charge in [-0.05, 0) is 36.6 Å². The molecule has 3 rings (SSSR count). The zero-order chi connectivity index (χ0) is 16.4. The second-order valence-corrected chi connectivity index (χ2v) is 6.08. The van der Waals surface area contributed by atoms with Crippen LogP contribution in [0, 0.1) is 0 Å². The minimum atomic E-state index is -0.0305. The number of amides is 3. The van der Waals surface area contributed by atoms with Crippen LogP contribution in [-0.4, -0.2) is 41.8 Å². The molecule has 0 saturated carbocycles. The van der Waals surface area contributed by atoms with E-state index in [1.807, 2.05) is 11.8 Å². The summed E-state index contributed by atoms with van der Waals surface area (Å²) in [4.78, 5) is 37.2. The van der Waals surface area contributed by atoms with E-state index in [1.54, 1.807) is 18.2 Å². The van der Waals surface area contributed by atoms with Gasteiger partial charge in [0.25, 0.3) is 5.91 Å². The quantitative estimate of drug-likeness (QED) is 0.883. The molecule has 23 heavy (non-hydrogen) atoms. The minimum absolute atomic E-state index is 0.00702. The summed E-state index contributed by atoms with van der Waals surface area (Å²) < 4.78 is 0. The highest BCUT2D eigenvalue weighted by Crippen LogP contribution is 2.25. The SMILES string of the molecule is CCC(=O)NC1CCN(C(=O)c2ccc3c(c2)CC(=O)N3)CC1. The summed E-state index contributed by atoms with van der Waals surface area (Å²) in [5.41, 5.74) is 2.30. The fourth-order valence-electron chi connectivity index (χ4n) is 3.10. The Hall–Kier alpha value is -2.37. The van der Waals surface area contributed by atoms with Crippen molar-refractivity contribution in [2.45, 2.75) is 38.6 Å². The summed E-state index contributed by atoms with van der Waals surface area (Å²) in [5.74, 6) is 0.0232. The zero-order valence-electron chi connectivity index (χ0n) is 13.2. The fourth-order valence-corrected chi connectivity index (χ4v) is 3.10. The first-order valence-corrected chi connectivity index (χ1v) is 8.08. The van der Waals surface area contributed by atoms with E-state index in [-0.39, 0.29) is 23.8 Å². The van der Waals surface area contributed by atoms with Crippen molar-refractivity contribution < 1.29 is 14.4 Å². The molecule has 3 amide bonds. The van der Waals surface area contributed by atoms with Crippen LogP contribution in [0.4, 0.5) is 5.69 Å². The topological polar surface area (TPSA) is 78.5 Å². The Morgan fingerprint density at radius 2 is 2.04 bits per heavy atom. The fraction of sp³-hybridized carbons (Fsp3) is 0.471. The maximum atomic E-state index is 12.6. The molecule has 6 nitrogen and oxygen atoms in total. The van der Waals surface area contributed by atoms with E-state index in [9.17, 15) is 14.4 Å². The van der Waals surface area contributed by atoms with E-state index in [0.29, 0.717) is 31.5 Å². The second kappa shape index (κ2) is 6.40. The molecular weight excluding hydrogens is 294 g/mol. The van der Waals surface area contributed by atoms with E-state index in [1.165, 1.54) is 0 Å². The van der Waals surface area contributed by atoms with Gasteiger partial charge < -0.3 is 15.5 Å². The molecule has 1 aromatic carbocycles. The number of piperidine rings is 1. The van der Waals surface area contributed by atoms with Gasteiger partial charge in [-0.2, -0.15) is 0 Å². The molecule has 2 aliphatic rings. The van der Waals surface area contributed by atoms with Crippen molar-refractivity contribution in [3.63, 3.8) is 0 Å². The van der Waals surface area contributed by atoms with Crippen LogP contribution in [0.3, 0.4) is 0 Å². The minimum Gasteiger partial charge on any atom is -0.353 e. The van der Waals surface area contributed by atoms with Crippen molar-refractivity contribution in [3.8, 4) is 0 Å². The Balaban J connectivity index is 1.61. The van der Waals surface area contributed by atoms with Crippen LogP contribution in [0.2, 0.25) is 0 Å². The molecule has 122 valence electrons. The molecule has 0 aromatic heterocycles. The van der Waals surface area contributed by atoms with Crippen LogP contribution < -0.4 is 10.6 Å². The van der Waals surface area contributed by atoms with Gasteiger partial charge in [-0.1, -0.05) is 6.92 Å². The molecule has 1 fully saturated rings. The van der Waals surface area contributed by atoms with E-state index >= 15 is 0 Å². The van der Waals surface area contributed by atoms with Gasteiger partial charge in [-0.15, -0.1) is 0 Å². The number of benzene rings is 1. The standard InChI is InChI=1S/C17H21N3O3/c1-2-15(21)18-13-5-7-20(8-6-13)17(23)11-3-4-14-12(9-11)10-16(22)19-14/h3-4,9,13H,2,5-8,10H2,1H3,(H,18,21)(H,19,22). The summed E-state index contributed by atoms with van der Waals surface area (Å²) in [6.45, 7) is 3.12. The molecule has 2 heterocycles. The van der Waals surface area contributed by atoms with Crippen LogP contribution in [0.5, 0.6) is 0 Å². The second-order valence-electron chi connectivity index (χ2n) is 6.08. The summed E-state index contributed by atoms with van der Waals surface area (Å²) in [7, 11) is 0. The number of rotatable bonds is 3. The summed E-state index contributed by atoms with van der Waals surface area (Å²) in [6, 6.07) is 5.52. The van der Waals surface area contributed by atoms with Crippen LogP contribution in [0.25, 0.3) is 0 Å². The lowest BCUT2D eigenvalue weighted by Crippen LogP contribution is -2.46. The first kappa shape index (κ1) is 15.5. The number of hydrogen-bond acceptors (Lipinski definition) is 3. The lowest BCUT2D eigenvalue weighted by molar-refractivity contribution is -0.121. The van der Waals surface area contributed by atoms with E-state index in [2.05, 4.69) is 10.6 Å². The lowest BCUT2D eigenvalue weighted by Gasteiger charge is -2.32. The summed E-state index contributed by atoms with van der Waals surface area (Å²) in [5, 5.41) is 5.75. The van der Waals surface area contributed by atoms with Gasteiger partial charge in [0.1, 0.15) is 0 Å². The molecule has 0 radical (unpaired) electrons. The predicted octanol–water partition coefficient (Wildman–Crippen LogP) is 1.31. The third-order valence-corrected chi connectivity index (χ3v) is 4.45. The first-order chi connectivity index (χ1) is 11.1. The number of likely N-dealkylation sites (tertiary alicyclic amines) is 1. The highest BCUT2D eigenvalue weighted by molar-refractivity contribution is 6.01. The normalized spacial score (nSPS) is 17.6. The van der Waals surface area contributed by atoms with E-state index in [0.717, 1.165) is 24.1 Å². The number of nitrogens with one attached hydrogen (secondary N) is 2. The molecule has 1 saturated heterocycles. The molecule has 2 aliphatic heterocycles. The van der Waals surface area contributed by atoms with Crippen molar-refractivity contribution >= 4 is 23.4 Å². The molecule has 0 bridgehead atoms. The number of hydrogen-bond donors (Lipinski definition) is 2. The van der Waals surface area contributed by atoms with Crippen molar-refractivity contribution in [1.29, 1.82) is 0 Å². The lowest BCUT2D eigenvalue weighted by atomic mass is 10.0. The Morgan fingerprint density at radius 3 is 2.74 bits per heavy atom. The van der Waals surface area contributed by atoms with Crippen LogP contribution >= 0.6 is 0 Å². The predicted molar refractivity (Wildman–Crippen MR) is 86.1 cm³/mol. The number of carbonyl (C=O) groups is 3. The first-order valence-electron chi connectivity index (χ1n) is 8.08. The molecule has 6 heteroatoms. The maximum absolute atomic E-state index is 12.6. The Bertz CT molecular complexity index is 648. The number of carbonyl (C=O) groups excluding carboxylic acids is 3. The molecule has 0 spiro atoms. The van der Waals surface area contributed by atoms with Crippen molar-refractivity contribution in [1.82, 2.24) is 10.2 Å². The Morgan fingerprint density at radius 1 is 1.30 bits per heavy atom. The maximum Gasteiger partial charge on any atom is 0.253 e. The summed E-state index contributed by atoms with van der Waals surface area (Å²) >= 11 is 0. The van der Waals surface area contributed by atoms with E-state index in [4.69, 9.17) is 0 Å². The van der Waals surface area contributed by atoms with Gasteiger partial charge in [0.2, 0.25) is 11.8 Å². The molecule has 0 atom stereocenters. The molecule has 0 aliphatic carbocycles. The van der Waals surface area contributed by atoms with Crippen LogP contribution in [-0.2, 0) is 16.0 Å². The van der Waals surface area contributed by atoms with E-state index < -0.39 is 0 Å². The average molecular weight is 315 g/mol. The van der Waals surface area contributed by atoms with Crippen LogP contribution in [0.1, 0.15) is 42.1 Å².